The number of nitrogens with two attached hydrogens (primary N) is 1. The summed E-state index contributed by atoms with van der Waals surface area (Å²) < 4.78 is 42.7. The molecule has 0 radical (unpaired) electrons. The third kappa shape index (κ3) is 3.32. The predicted molar refractivity (Wildman–Crippen MR) is 50.4 cm³/mol. The molecule has 1 heterocycles. The number of alkyl halides is 3. The number of hydrogen-bond acceptors (Lipinski definition) is 3. The Kier molecular flexibility index (Phi) is 4.36. The largest absolute Gasteiger partial charge is 0.393 e. The van der Waals surface area contributed by atoms with E-state index in [9.17, 15) is 13.2 Å². The molecule has 0 saturated carbocycles. The van der Waals surface area contributed by atoms with Gasteiger partial charge in [0, 0.05) is 39.2 Å². The lowest BCUT2D eigenvalue weighted by molar-refractivity contribution is -0.183. The van der Waals surface area contributed by atoms with Crippen molar-refractivity contribution >= 4 is 0 Å². The minimum absolute atomic E-state index is 0.0503. The third-order valence-electron chi connectivity index (χ3n) is 2.76. The summed E-state index contributed by atoms with van der Waals surface area (Å²) in [6.45, 7) is 1.55. The molecule has 1 aliphatic heterocycles. The highest BCUT2D eigenvalue weighted by Gasteiger charge is 2.49. The van der Waals surface area contributed by atoms with Crippen LogP contribution in [0.15, 0.2) is 0 Å². The zero-order valence-corrected chi connectivity index (χ0v) is 8.76. The van der Waals surface area contributed by atoms with Gasteiger partial charge in [-0.2, -0.15) is 13.2 Å². The van der Waals surface area contributed by atoms with Crippen LogP contribution >= 0.6 is 0 Å². The first-order valence-electron chi connectivity index (χ1n) is 4.97. The van der Waals surface area contributed by atoms with Crippen LogP contribution in [0.5, 0.6) is 0 Å². The van der Waals surface area contributed by atoms with Crippen molar-refractivity contribution in [2.24, 2.45) is 17.6 Å². The van der Waals surface area contributed by atoms with Gasteiger partial charge in [0.2, 0.25) is 0 Å². The van der Waals surface area contributed by atoms with Crippen molar-refractivity contribution in [2.75, 3.05) is 39.9 Å². The van der Waals surface area contributed by atoms with Gasteiger partial charge in [0.05, 0.1) is 12.5 Å². The van der Waals surface area contributed by atoms with Gasteiger partial charge >= 0.3 is 6.18 Å². The Hall–Kier alpha value is -0.330. The fourth-order valence-corrected chi connectivity index (χ4v) is 2.08. The van der Waals surface area contributed by atoms with E-state index in [1.807, 2.05) is 0 Å². The fraction of sp³-hybridized carbons (Fsp3) is 1.00. The molecule has 90 valence electrons. The van der Waals surface area contributed by atoms with Crippen LogP contribution in [0.4, 0.5) is 13.2 Å². The Bertz CT molecular complexity index is 198. The summed E-state index contributed by atoms with van der Waals surface area (Å²) in [5, 5.41) is 0. The highest BCUT2D eigenvalue weighted by molar-refractivity contribution is 4.88. The molecular formula is C9H17F3N2O. The molecule has 0 amide bonds. The van der Waals surface area contributed by atoms with E-state index in [-0.39, 0.29) is 13.2 Å². The van der Waals surface area contributed by atoms with Crippen LogP contribution in [0.25, 0.3) is 0 Å². The van der Waals surface area contributed by atoms with Crippen molar-refractivity contribution in [3.63, 3.8) is 0 Å². The molecule has 3 nitrogen and oxygen atoms in total. The minimum atomic E-state index is -4.13. The van der Waals surface area contributed by atoms with Gasteiger partial charge in [-0.15, -0.1) is 0 Å². The van der Waals surface area contributed by atoms with E-state index < -0.39 is 18.0 Å². The smallest absolute Gasteiger partial charge is 0.384 e. The van der Waals surface area contributed by atoms with Crippen LogP contribution in [-0.4, -0.2) is 51.0 Å². The van der Waals surface area contributed by atoms with Crippen LogP contribution in [0, 0.1) is 11.8 Å². The van der Waals surface area contributed by atoms with E-state index in [1.54, 1.807) is 4.90 Å². The Morgan fingerprint density at radius 3 is 2.53 bits per heavy atom. The molecule has 0 bridgehead atoms. The standard InChI is InChI=1S/C9H17F3N2O/c1-15-6-7-4-14(3-2-13)5-8(7)9(10,11)12/h7-8H,2-6,13H2,1H3/t7-,8-/m0/s1. The highest BCUT2D eigenvalue weighted by atomic mass is 19.4. The first kappa shape index (κ1) is 12.7. The molecule has 6 heteroatoms. The second-order valence-electron chi connectivity index (χ2n) is 3.91. The molecule has 0 aliphatic carbocycles. The molecule has 0 aromatic rings. The maximum atomic E-state index is 12.6. The van der Waals surface area contributed by atoms with E-state index in [0.717, 1.165) is 0 Å². The van der Waals surface area contributed by atoms with E-state index in [4.69, 9.17) is 10.5 Å². The van der Waals surface area contributed by atoms with Crippen LogP contribution in [0.3, 0.4) is 0 Å². The molecule has 0 spiro atoms. The highest BCUT2D eigenvalue weighted by Crippen LogP contribution is 2.37. The topological polar surface area (TPSA) is 38.5 Å². The molecule has 2 N–H and O–H groups in total. The van der Waals surface area contributed by atoms with Crippen LogP contribution < -0.4 is 5.73 Å². The van der Waals surface area contributed by atoms with Gasteiger partial charge in [-0.25, -0.2) is 0 Å². The normalized spacial score (nSPS) is 28.6. The third-order valence-corrected chi connectivity index (χ3v) is 2.76. The summed E-state index contributed by atoms with van der Waals surface area (Å²) in [4.78, 5) is 1.75. The first-order chi connectivity index (χ1) is 6.99. The molecule has 1 rings (SSSR count). The average Bonchev–Trinajstić information content (AvgIpc) is 2.49. The van der Waals surface area contributed by atoms with Gasteiger partial charge in [-0.05, 0) is 0 Å². The Morgan fingerprint density at radius 1 is 1.40 bits per heavy atom. The first-order valence-corrected chi connectivity index (χ1v) is 4.97. The number of ether oxygens (including phenoxy) is 1. The van der Waals surface area contributed by atoms with Crippen LogP contribution in [0.2, 0.25) is 0 Å². The molecule has 15 heavy (non-hydrogen) atoms. The van der Waals surface area contributed by atoms with Crippen molar-refractivity contribution < 1.29 is 17.9 Å². The maximum absolute atomic E-state index is 12.6. The average molecular weight is 226 g/mol. The summed E-state index contributed by atoms with van der Waals surface area (Å²) in [5.74, 6) is -1.73. The molecule has 1 aliphatic rings. The lowest BCUT2D eigenvalue weighted by atomic mass is 9.96. The lowest BCUT2D eigenvalue weighted by Crippen LogP contribution is -2.32. The van der Waals surface area contributed by atoms with Gasteiger partial charge in [0.15, 0.2) is 0 Å². The quantitative estimate of drug-likeness (QED) is 0.767. The van der Waals surface area contributed by atoms with Crippen LogP contribution in [-0.2, 0) is 4.74 Å². The van der Waals surface area contributed by atoms with Crippen molar-refractivity contribution in [2.45, 2.75) is 6.18 Å². The number of likely N-dealkylation sites (tertiary alicyclic amines) is 1. The molecule has 0 unspecified atom stereocenters. The SMILES string of the molecule is COC[C@@H]1CN(CCN)C[C@@H]1C(F)(F)F. The molecular weight excluding hydrogens is 209 g/mol. The van der Waals surface area contributed by atoms with Crippen molar-refractivity contribution in [1.82, 2.24) is 4.90 Å². The summed E-state index contributed by atoms with van der Waals surface area (Å²) in [7, 11) is 1.43. The van der Waals surface area contributed by atoms with Gasteiger partial charge in [0.1, 0.15) is 0 Å². The number of halogens is 3. The monoisotopic (exact) mass is 226 g/mol. The minimum Gasteiger partial charge on any atom is -0.384 e. The number of nitrogens with zero attached hydrogens (tertiary/aromatic N) is 1. The second-order valence-corrected chi connectivity index (χ2v) is 3.91. The van der Waals surface area contributed by atoms with Crippen molar-refractivity contribution in [1.29, 1.82) is 0 Å². The van der Waals surface area contributed by atoms with E-state index >= 15 is 0 Å². The molecule has 1 fully saturated rings. The summed E-state index contributed by atoms with van der Waals surface area (Å²) in [6.07, 6.45) is -4.13. The van der Waals surface area contributed by atoms with Crippen molar-refractivity contribution in [3.8, 4) is 0 Å². The fourth-order valence-electron chi connectivity index (χ4n) is 2.08. The predicted octanol–water partition coefficient (Wildman–Crippen LogP) is 0.702. The Morgan fingerprint density at radius 2 is 2.07 bits per heavy atom. The molecule has 0 aromatic carbocycles. The Balaban J connectivity index is 2.59. The second kappa shape index (κ2) is 5.14. The van der Waals surface area contributed by atoms with Gasteiger partial charge in [-0.3, -0.25) is 0 Å². The molecule has 1 saturated heterocycles. The van der Waals surface area contributed by atoms with E-state index in [2.05, 4.69) is 0 Å². The molecule has 0 aromatic heterocycles. The van der Waals surface area contributed by atoms with Gasteiger partial charge in [-0.1, -0.05) is 0 Å². The molecule has 2 atom stereocenters. The number of hydrogen-bond donors (Lipinski definition) is 1. The van der Waals surface area contributed by atoms with Crippen LogP contribution in [0.1, 0.15) is 0 Å². The van der Waals surface area contributed by atoms with Gasteiger partial charge in [0.25, 0.3) is 0 Å². The van der Waals surface area contributed by atoms with E-state index in [1.165, 1.54) is 7.11 Å². The maximum Gasteiger partial charge on any atom is 0.393 e. The number of rotatable bonds is 4. The van der Waals surface area contributed by atoms with Crippen molar-refractivity contribution in [3.05, 3.63) is 0 Å². The lowest BCUT2D eigenvalue weighted by Gasteiger charge is -2.20. The summed E-state index contributed by atoms with van der Waals surface area (Å²) >= 11 is 0. The Labute approximate surface area is 87.4 Å². The van der Waals surface area contributed by atoms with E-state index in [0.29, 0.717) is 19.6 Å². The summed E-state index contributed by atoms with van der Waals surface area (Å²) in [6, 6.07) is 0. The number of methoxy groups -OCH3 is 1. The van der Waals surface area contributed by atoms with Gasteiger partial charge < -0.3 is 15.4 Å². The zero-order chi connectivity index (χ0) is 11.5. The summed E-state index contributed by atoms with van der Waals surface area (Å²) in [5.41, 5.74) is 5.33. The zero-order valence-electron chi connectivity index (χ0n) is 8.76.